The highest BCUT2D eigenvalue weighted by atomic mass is 35.5. The first-order chi connectivity index (χ1) is 11.5. The van der Waals surface area contributed by atoms with Crippen molar-refractivity contribution >= 4 is 24.0 Å². The molecule has 0 atom stereocenters. The van der Waals surface area contributed by atoms with E-state index in [9.17, 15) is 4.79 Å². The van der Waals surface area contributed by atoms with E-state index >= 15 is 0 Å². The summed E-state index contributed by atoms with van der Waals surface area (Å²) in [6, 6.07) is 13.6. The van der Waals surface area contributed by atoms with Crippen LogP contribution < -0.4 is 10.1 Å². The molecule has 0 radical (unpaired) electrons. The van der Waals surface area contributed by atoms with Crippen molar-refractivity contribution in [3.63, 3.8) is 0 Å². The zero-order valence-electron chi connectivity index (χ0n) is 15.3. The number of anilines is 1. The first kappa shape index (κ1) is 21.0. The van der Waals surface area contributed by atoms with Gasteiger partial charge in [-0.3, -0.25) is 9.69 Å². The highest BCUT2D eigenvalue weighted by Gasteiger charge is 2.12. The predicted molar refractivity (Wildman–Crippen MR) is 106 cm³/mol. The molecule has 0 aliphatic heterocycles. The number of halogens is 1. The van der Waals surface area contributed by atoms with Gasteiger partial charge >= 0.3 is 0 Å². The monoisotopic (exact) mass is 362 g/mol. The molecule has 2 aromatic carbocycles. The largest absolute Gasteiger partial charge is 0.457 e. The summed E-state index contributed by atoms with van der Waals surface area (Å²) >= 11 is 0. The molecule has 136 valence electrons. The van der Waals surface area contributed by atoms with Crippen molar-refractivity contribution in [1.82, 2.24) is 4.90 Å². The average Bonchev–Trinajstić information content (AvgIpc) is 2.57. The molecule has 0 unspecified atom stereocenters. The lowest BCUT2D eigenvalue weighted by molar-refractivity contribution is -0.117. The zero-order valence-corrected chi connectivity index (χ0v) is 16.2. The van der Waals surface area contributed by atoms with Gasteiger partial charge in [-0.15, -0.1) is 12.4 Å². The fraction of sp³-hybridized carbons (Fsp3) is 0.350. The Hall–Kier alpha value is -2.04. The molecule has 1 N–H and O–H groups in total. The Bertz CT molecular complexity index is 662. The summed E-state index contributed by atoms with van der Waals surface area (Å²) in [6.07, 6.45) is 0. The van der Waals surface area contributed by atoms with Crippen molar-refractivity contribution in [3.05, 3.63) is 53.6 Å². The van der Waals surface area contributed by atoms with Gasteiger partial charge in [0, 0.05) is 5.69 Å². The summed E-state index contributed by atoms with van der Waals surface area (Å²) in [7, 11) is 0. The van der Waals surface area contributed by atoms with Crippen molar-refractivity contribution in [2.75, 3.05) is 25.0 Å². The van der Waals surface area contributed by atoms with Crippen LogP contribution in [0.3, 0.4) is 0 Å². The van der Waals surface area contributed by atoms with Gasteiger partial charge in [-0.1, -0.05) is 32.0 Å². The van der Waals surface area contributed by atoms with Crippen LogP contribution in [-0.2, 0) is 4.79 Å². The van der Waals surface area contributed by atoms with E-state index in [1.807, 2.05) is 56.3 Å². The van der Waals surface area contributed by atoms with Crippen molar-refractivity contribution in [1.29, 1.82) is 0 Å². The number of amides is 1. The lowest BCUT2D eigenvalue weighted by Crippen LogP contribution is -2.33. The van der Waals surface area contributed by atoms with E-state index in [0.29, 0.717) is 6.54 Å². The molecule has 25 heavy (non-hydrogen) atoms. The zero-order chi connectivity index (χ0) is 17.5. The molecule has 0 saturated heterocycles. The van der Waals surface area contributed by atoms with E-state index in [2.05, 4.69) is 24.1 Å². The van der Waals surface area contributed by atoms with Crippen LogP contribution in [0.5, 0.6) is 11.5 Å². The minimum atomic E-state index is 0. The van der Waals surface area contributed by atoms with Crippen molar-refractivity contribution in [2.24, 2.45) is 0 Å². The van der Waals surface area contributed by atoms with Crippen LogP contribution in [0.1, 0.15) is 25.0 Å². The van der Waals surface area contributed by atoms with Gasteiger partial charge < -0.3 is 10.1 Å². The smallest absolute Gasteiger partial charge is 0.238 e. The van der Waals surface area contributed by atoms with E-state index in [1.54, 1.807) is 0 Å². The third-order valence-electron chi connectivity index (χ3n) is 4.01. The molecule has 2 aromatic rings. The molecular weight excluding hydrogens is 336 g/mol. The van der Waals surface area contributed by atoms with Crippen LogP contribution in [0.15, 0.2) is 42.5 Å². The number of likely N-dealkylation sites (N-methyl/N-ethyl adjacent to an activating group) is 1. The van der Waals surface area contributed by atoms with Crippen molar-refractivity contribution < 1.29 is 9.53 Å². The van der Waals surface area contributed by atoms with Crippen LogP contribution in [0.25, 0.3) is 0 Å². The topological polar surface area (TPSA) is 41.6 Å². The SMILES string of the molecule is CCN(CC)CC(=O)Nc1c(C)cc(Oc2ccccc2)cc1C.Cl. The van der Waals surface area contributed by atoms with Crippen LogP contribution in [0, 0.1) is 13.8 Å². The Morgan fingerprint density at radius 3 is 2.08 bits per heavy atom. The molecule has 0 aliphatic carbocycles. The Labute approximate surface area is 156 Å². The molecule has 4 nitrogen and oxygen atoms in total. The summed E-state index contributed by atoms with van der Waals surface area (Å²) in [5, 5.41) is 3.03. The van der Waals surface area contributed by atoms with Gasteiger partial charge in [0.05, 0.1) is 6.54 Å². The molecule has 0 bridgehead atoms. The van der Waals surface area contributed by atoms with Gasteiger partial charge in [0.15, 0.2) is 0 Å². The molecule has 0 heterocycles. The number of para-hydroxylation sites is 1. The number of aryl methyl sites for hydroxylation is 2. The van der Waals surface area contributed by atoms with Gasteiger partial charge in [-0.25, -0.2) is 0 Å². The lowest BCUT2D eigenvalue weighted by atomic mass is 10.1. The van der Waals surface area contributed by atoms with Crippen LogP contribution in [0.2, 0.25) is 0 Å². The Balaban J connectivity index is 0.00000312. The Morgan fingerprint density at radius 2 is 1.56 bits per heavy atom. The van der Waals surface area contributed by atoms with Gasteiger partial charge in [0.25, 0.3) is 0 Å². The summed E-state index contributed by atoms with van der Waals surface area (Å²) in [4.78, 5) is 14.3. The minimum absolute atomic E-state index is 0. The standard InChI is InChI=1S/C20H26N2O2.ClH/c1-5-22(6-2)14-19(23)21-20-15(3)12-18(13-16(20)4)24-17-10-8-7-9-11-17;/h7-13H,5-6,14H2,1-4H3,(H,21,23);1H. The molecule has 2 rings (SSSR count). The summed E-state index contributed by atoms with van der Waals surface area (Å²) < 4.78 is 5.88. The number of benzene rings is 2. The summed E-state index contributed by atoms with van der Waals surface area (Å²) in [5.74, 6) is 1.59. The number of carbonyl (C=O) groups is 1. The molecule has 5 heteroatoms. The quantitative estimate of drug-likeness (QED) is 0.769. The number of carbonyl (C=O) groups excluding carboxylic acids is 1. The summed E-state index contributed by atoms with van der Waals surface area (Å²) in [5.41, 5.74) is 2.86. The number of hydrogen-bond acceptors (Lipinski definition) is 3. The second-order valence-electron chi connectivity index (χ2n) is 5.86. The molecular formula is C20H27ClN2O2. The molecule has 0 aromatic heterocycles. The van der Waals surface area contributed by atoms with Crippen LogP contribution in [-0.4, -0.2) is 30.4 Å². The number of hydrogen-bond donors (Lipinski definition) is 1. The number of nitrogens with zero attached hydrogens (tertiary/aromatic N) is 1. The van der Waals surface area contributed by atoms with E-state index in [0.717, 1.165) is 41.4 Å². The fourth-order valence-electron chi connectivity index (χ4n) is 2.63. The molecule has 0 fully saturated rings. The van der Waals surface area contributed by atoms with Gasteiger partial charge in [-0.2, -0.15) is 0 Å². The van der Waals surface area contributed by atoms with Crippen LogP contribution in [0.4, 0.5) is 5.69 Å². The van der Waals surface area contributed by atoms with Crippen molar-refractivity contribution in [2.45, 2.75) is 27.7 Å². The predicted octanol–water partition coefficient (Wildman–Crippen LogP) is 4.80. The van der Waals surface area contributed by atoms with E-state index in [-0.39, 0.29) is 18.3 Å². The number of rotatable bonds is 7. The lowest BCUT2D eigenvalue weighted by Gasteiger charge is -2.19. The third-order valence-corrected chi connectivity index (χ3v) is 4.01. The maximum atomic E-state index is 12.2. The molecule has 1 amide bonds. The maximum Gasteiger partial charge on any atom is 0.238 e. The highest BCUT2D eigenvalue weighted by molar-refractivity contribution is 5.93. The summed E-state index contributed by atoms with van der Waals surface area (Å²) in [6.45, 7) is 10.2. The van der Waals surface area contributed by atoms with E-state index in [1.165, 1.54) is 0 Å². The van der Waals surface area contributed by atoms with Crippen LogP contribution >= 0.6 is 12.4 Å². The van der Waals surface area contributed by atoms with Gasteiger partial charge in [0.2, 0.25) is 5.91 Å². The van der Waals surface area contributed by atoms with Gasteiger partial charge in [0.1, 0.15) is 11.5 Å². The first-order valence-electron chi connectivity index (χ1n) is 8.39. The highest BCUT2D eigenvalue weighted by Crippen LogP contribution is 2.29. The second kappa shape index (κ2) is 10.1. The molecule has 0 saturated carbocycles. The Morgan fingerprint density at radius 1 is 1.00 bits per heavy atom. The van der Waals surface area contributed by atoms with Gasteiger partial charge in [-0.05, 0) is 62.3 Å². The van der Waals surface area contributed by atoms with E-state index < -0.39 is 0 Å². The molecule has 0 aliphatic rings. The number of nitrogens with one attached hydrogen (secondary N) is 1. The minimum Gasteiger partial charge on any atom is -0.457 e. The van der Waals surface area contributed by atoms with E-state index in [4.69, 9.17) is 4.74 Å². The third kappa shape index (κ3) is 6.07. The van der Waals surface area contributed by atoms with Crippen molar-refractivity contribution in [3.8, 4) is 11.5 Å². The second-order valence-corrected chi connectivity index (χ2v) is 5.86. The maximum absolute atomic E-state index is 12.2. The fourth-order valence-corrected chi connectivity index (χ4v) is 2.63. The first-order valence-corrected chi connectivity index (χ1v) is 8.39. The Kier molecular flexibility index (Phi) is 8.46. The average molecular weight is 363 g/mol. The molecule has 0 spiro atoms. The number of ether oxygens (including phenoxy) is 1. The normalized spacial score (nSPS) is 10.3.